The highest BCUT2D eigenvalue weighted by Gasteiger charge is 2.33. The lowest BCUT2D eigenvalue weighted by Gasteiger charge is -2.35. The zero-order valence-corrected chi connectivity index (χ0v) is 20.2. The smallest absolute Gasteiger partial charge is 0.138 e. The number of anilines is 1. The van der Waals surface area contributed by atoms with Gasteiger partial charge in [0.25, 0.3) is 0 Å². The minimum atomic E-state index is -0.00196. The summed E-state index contributed by atoms with van der Waals surface area (Å²) in [6, 6.07) is 11.0. The van der Waals surface area contributed by atoms with E-state index in [0.717, 1.165) is 80.9 Å². The van der Waals surface area contributed by atoms with Crippen LogP contribution in [-0.4, -0.2) is 69.0 Å². The van der Waals surface area contributed by atoms with Crippen LogP contribution in [0.25, 0.3) is 5.65 Å². The topological polar surface area (TPSA) is 60.1 Å². The molecule has 1 N–H and O–H groups in total. The molecule has 1 atom stereocenters. The maximum atomic E-state index is 10.5. The van der Waals surface area contributed by atoms with E-state index in [4.69, 9.17) is 9.97 Å². The van der Waals surface area contributed by atoms with E-state index in [0.29, 0.717) is 6.04 Å². The second-order valence-corrected chi connectivity index (χ2v) is 10.4. The number of pyridine rings is 2. The summed E-state index contributed by atoms with van der Waals surface area (Å²) in [5.41, 5.74) is 5.52. The van der Waals surface area contributed by atoms with Crippen molar-refractivity contribution in [1.29, 1.82) is 0 Å². The molecule has 0 aromatic carbocycles. The van der Waals surface area contributed by atoms with E-state index in [1.165, 1.54) is 30.5 Å². The number of hydrogen-bond donors (Lipinski definition) is 1. The van der Waals surface area contributed by atoms with E-state index in [1.54, 1.807) is 0 Å². The van der Waals surface area contributed by atoms with Gasteiger partial charge >= 0.3 is 0 Å². The number of aryl methyl sites for hydroxylation is 1. The third kappa shape index (κ3) is 4.21. The van der Waals surface area contributed by atoms with Crippen LogP contribution in [-0.2, 0) is 19.6 Å². The molecule has 3 aromatic heterocycles. The average Bonchev–Trinajstić information content (AvgIpc) is 3.62. The molecule has 0 spiro atoms. The van der Waals surface area contributed by atoms with E-state index in [2.05, 4.69) is 56.5 Å². The Labute approximate surface area is 202 Å². The SMILES string of the molecule is CN1CCN(c2cccc3nc(CN(CC4CC4)[C@H]4CCCc5cccnc54)c(CO)n23)CC1. The van der Waals surface area contributed by atoms with Gasteiger partial charge < -0.3 is 14.9 Å². The highest BCUT2D eigenvalue weighted by Crippen LogP contribution is 2.38. The summed E-state index contributed by atoms with van der Waals surface area (Å²) in [4.78, 5) is 17.3. The van der Waals surface area contributed by atoms with Crippen molar-refractivity contribution >= 4 is 11.5 Å². The van der Waals surface area contributed by atoms with Gasteiger partial charge in [-0.1, -0.05) is 12.1 Å². The molecule has 0 amide bonds. The largest absolute Gasteiger partial charge is 0.390 e. The summed E-state index contributed by atoms with van der Waals surface area (Å²) < 4.78 is 2.20. The van der Waals surface area contributed by atoms with Crippen LogP contribution in [0.1, 0.15) is 54.4 Å². The number of fused-ring (bicyclic) bond motifs is 2. The van der Waals surface area contributed by atoms with Crippen molar-refractivity contribution in [1.82, 2.24) is 24.2 Å². The van der Waals surface area contributed by atoms with Gasteiger partial charge in [0.05, 0.1) is 29.7 Å². The lowest BCUT2D eigenvalue weighted by atomic mass is 9.90. The Balaban J connectivity index is 1.35. The normalized spacial score (nSPS) is 21.4. The maximum absolute atomic E-state index is 10.5. The van der Waals surface area contributed by atoms with Gasteiger partial charge in [0, 0.05) is 45.5 Å². The van der Waals surface area contributed by atoms with Crippen LogP contribution >= 0.6 is 0 Å². The van der Waals surface area contributed by atoms with Crippen LogP contribution in [0.2, 0.25) is 0 Å². The summed E-state index contributed by atoms with van der Waals surface area (Å²) >= 11 is 0. The van der Waals surface area contributed by atoms with Crippen LogP contribution < -0.4 is 4.90 Å². The van der Waals surface area contributed by atoms with E-state index >= 15 is 0 Å². The second kappa shape index (κ2) is 9.29. The van der Waals surface area contributed by atoms with Gasteiger partial charge in [-0.2, -0.15) is 0 Å². The Morgan fingerprint density at radius 3 is 2.71 bits per heavy atom. The number of rotatable bonds is 7. The summed E-state index contributed by atoms with van der Waals surface area (Å²) in [5.74, 6) is 1.93. The first kappa shape index (κ1) is 22.0. The third-order valence-corrected chi connectivity index (χ3v) is 7.93. The first-order chi connectivity index (χ1) is 16.7. The zero-order valence-electron chi connectivity index (χ0n) is 20.2. The van der Waals surface area contributed by atoms with Crippen LogP contribution in [0.3, 0.4) is 0 Å². The molecule has 4 heterocycles. The highest BCUT2D eigenvalue weighted by atomic mass is 16.3. The van der Waals surface area contributed by atoms with Crippen LogP contribution in [0.15, 0.2) is 36.5 Å². The molecule has 0 bridgehead atoms. The van der Waals surface area contributed by atoms with Gasteiger partial charge in [-0.05, 0) is 68.8 Å². The molecule has 34 heavy (non-hydrogen) atoms. The minimum absolute atomic E-state index is 0.00196. The molecule has 180 valence electrons. The van der Waals surface area contributed by atoms with Crippen molar-refractivity contribution in [2.24, 2.45) is 5.92 Å². The van der Waals surface area contributed by atoms with Gasteiger partial charge in [0.1, 0.15) is 11.5 Å². The first-order valence-electron chi connectivity index (χ1n) is 12.9. The lowest BCUT2D eigenvalue weighted by Crippen LogP contribution is -2.45. The van der Waals surface area contributed by atoms with Gasteiger partial charge in [-0.3, -0.25) is 14.3 Å². The van der Waals surface area contributed by atoms with E-state index in [1.807, 2.05) is 6.20 Å². The number of hydrogen-bond acceptors (Lipinski definition) is 6. The predicted octanol–water partition coefficient (Wildman–Crippen LogP) is 3.26. The molecular weight excluding hydrogens is 424 g/mol. The van der Waals surface area contributed by atoms with Crippen LogP contribution in [0.4, 0.5) is 5.82 Å². The fourth-order valence-electron chi connectivity index (χ4n) is 5.82. The van der Waals surface area contributed by atoms with Crippen LogP contribution in [0.5, 0.6) is 0 Å². The van der Waals surface area contributed by atoms with Crippen molar-refractivity contribution in [3.63, 3.8) is 0 Å². The molecule has 3 aliphatic rings. The monoisotopic (exact) mass is 460 g/mol. The maximum Gasteiger partial charge on any atom is 0.138 e. The molecule has 0 unspecified atom stereocenters. The number of imidazole rings is 1. The number of likely N-dealkylation sites (N-methyl/N-ethyl adjacent to an activating group) is 1. The Bertz CT molecular complexity index is 1150. The molecule has 1 aliphatic heterocycles. The predicted molar refractivity (Wildman–Crippen MR) is 134 cm³/mol. The molecular formula is C27H36N6O. The van der Waals surface area contributed by atoms with Crippen molar-refractivity contribution in [2.75, 3.05) is 44.7 Å². The molecule has 6 rings (SSSR count). The summed E-state index contributed by atoms with van der Waals surface area (Å²) in [7, 11) is 2.18. The number of aromatic nitrogens is 3. The molecule has 1 saturated carbocycles. The van der Waals surface area contributed by atoms with Gasteiger partial charge in [-0.15, -0.1) is 0 Å². The van der Waals surface area contributed by atoms with Crippen molar-refractivity contribution in [2.45, 2.75) is 51.3 Å². The Morgan fingerprint density at radius 2 is 1.91 bits per heavy atom. The zero-order chi connectivity index (χ0) is 23.1. The molecule has 7 heteroatoms. The first-order valence-corrected chi connectivity index (χ1v) is 12.9. The van der Waals surface area contributed by atoms with Crippen LogP contribution in [0, 0.1) is 5.92 Å². The molecule has 1 saturated heterocycles. The number of piperazine rings is 1. The van der Waals surface area contributed by atoms with E-state index < -0.39 is 0 Å². The number of aliphatic hydroxyl groups excluding tert-OH is 1. The summed E-state index contributed by atoms with van der Waals surface area (Å²) in [6.07, 6.45) is 8.06. The number of aliphatic hydroxyl groups is 1. The van der Waals surface area contributed by atoms with E-state index in [-0.39, 0.29) is 6.61 Å². The number of nitrogens with zero attached hydrogens (tertiary/aromatic N) is 6. The van der Waals surface area contributed by atoms with Gasteiger partial charge in [0.2, 0.25) is 0 Å². The molecule has 2 aliphatic carbocycles. The minimum Gasteiger partial charge on any atom is -0.390 e. The van der Waals surface area contributed by atoms with Gasteiger partial charge in [0.15, 0.2) is 0 Å². The summed E-state index contributed by atoms with van der Waals surface area (Å²) in [5, 5.41) is 10.5. The van der Waals surface area contributed by atoms with E-state index in [9.17, 15) is 5.11 Å². The Morgan fingerprint density at radius 1 is 1.06 bits per heavy atom. The van der Waals surface area contributed by atoms with Crippen molar-refractivity contribution < 1.29 is 5.11 Å². The molecule has 7 nitrogen and oxygen atoms in total. The van der Waals surface area contributed by atoms with Crippen molar-refractivity contribution in [3.05, 3.63) is 59.2 Å². The Hall–Kier alpha value is -2.48. The average molecular weight is 461 g/mol. The fourth-order valence-corrected chi connectivity index (χ4v) is 5.82. The molecule has 3 aromatic rings. The highest BCUT2D eigenvalue weighted by molar-refractivity contribution is 5.55. The fraction of sp³-hybridized carbons (Fsp3) is 0.556. The lowest BCUT2D eigenvalue weighted by molar-refractivity contribution is 0.155. The molecule has 0 radical (unpaired) electrons. The summed E-state index contributed by atoms with van der Waals surface area (Å²) in [6.45, 7) is 5.93. The van der Waals surface area contributed by atoms with Gasteiger partial charge in [-0.25, -0.2) is 4.98 Å². The second-order valence-electron chi connectivity index (χ2n) is 10.4. The standard InChI is InChI=1S/C27H36N6O/c1-30-13-15-31(16-14-30)26-9-3-8-25-29-22(24(19-34)33(25)26)18-32(17-20-10-11-20)23-7-2-5-21-6-4-12-28-27(21)23/h3-4,6,8-9,12,20,23,34H,2,5,7,10-11,13-19H2,1H3/t23-/m0/s1. The third-order valence-electron chi connectivity index (χ3n) is 7.93. The quantitative estimate of drug-likeness (QED) is 0.584. The molecule has 2 fully saturated rings. The Kier molecular flexibility index (Phi) is 6.01. The van der Waals surface area contributed by atoms with Crippen molar-refractivity contribution in [3.8, 4) is 0 Å².